The Morgan fingerprint density at radius 2 is 1.86 bits per heavy atom. The van der Waals surface area contributed by atoms with Crippen LogP contribution >= 0.6 is 0 Å². The number of aliphatic hydroxyl groups is 1. The van der Waals surface area contributed by atoms with Gasteiger partial charge in [0.15, 0.2) is 11.5 Å². The number of aliphatic hydroxyl groups excluding tert-OH is 1. The van der Waals surface area contributed by atoms with Crippen LogP contribution in [0.1, 0.15) is 5.56 Å². The molecule has 2 aliphatic rings. The van der Waals surface area contributed by atoms with Gasteiger partial charge in [-0.2, -0.15) is 0 Å². The van der Waals surface area contributed by atoms with Crippen LogP contribution in [0.2, 0.25) is 0 Å². The largest absolute Gasteiger partial charge is 0.506 e. The molecule has 7 nitrogen and oxygen atoms in total. The van der Waals surface area contributed by atoms with Crippen LogP contribution in [0.25, 0.3) is 0 Å². The predicted octanol–water partition coefficient (Wildman–Crippen LogP) is 0.404. The van der Waals surface area contributed by atoms with Crippen molar-refractivity contribution in [3.63, 3.8) is 0 Å². The number of hydrogen-bond acceptors (Lipinski definition) is 6. The van der Waals surface area contributed by atoms with Crippen molar-refractivity contribution >= 4 is 5.69 Å². The second kappa shape index (κ2) is 8.68. The lowest BCUT2D eigenvalue weighted by molar-refractivity contribution is -0.903. The third-order valence-electron chi connectivity index (χ3n) is 5.23. The summed E-state index contributed by atoms with van der Waals surface area (Å²) in [6, 6.07) is 13.2. The van der Waals surface area contributed by atoms with E-state index in [1.807, 2.05) is 36.4 Å². The van der Waals surface area contributed by atoms with E-state index in [-0.39, 0.29) is 6.79 Å². The van der Waals surface area contributed by atoms with Crippen molar-refractivity contribution in [2.75, 3.05) is 51.0 Å². The molecule has 3 N–H and O–H groups in total. The molecule has 0 saturated carbocycles. The van der Waals surface area contributed by atoms with E-state index < -0.39 is 6.10 Å². The number of hydrogen-bond donors (Lipinski definition) is 3. The maximum Gasteiger partial charge on any atom is 0.231 e. The first kappa shape index (κ1) is 18.9. The highest BCUT2D eigenvalue weighted by Crippen LogP contribution is 2.32. The van der Waals surface area contributed by atoms with Gasteiger partial charge in [0.1, 0.15) is 18.4 Å². The molecular formula is C21H27N2O5+. The quantitative estimate of drug-likeness (QED) is 0.639. The summed E-state index contributed by atoms with van der Waals surface area (Å²) in [5, 5.41) is 20.3. The minimum Gasteiger partial charge on any atom is -0.506 e. The monoisotopic (exact) mass is 387 g/mol. The molecular weight excluding hydrogens is 360 g/mol. The molecule has 2 aromatic carbocycles. The molecule has 7 heteroatoms. The van der Waals surface area contributed by atoms with Gasteiger partial charge in [-0.25, -0.2) is 0 Å². The Labute approximate surface area is 164 Å². The maximum absolute atomic E-state index is 10.3. The third-order valence-corrected chi connectivity index (χ3v) is 5.23. The molecule has 1 fully saturated rings. The zero-order valence-electron chi connectivity index (χ0n) is 15.8. The van der Waals surface area contributed by atoms with Gasteiger partial charge in [-0.05, 0) is 29.8 Å². The summed E-state index contributed by atoms with van der Waals surface area (Å²) in [5.74, 6) is 1.83. The normalized spacial score (nSPS) is 17.7. The Hall–Kier alpha value is -2.48. The number of anilines is 1. The molecule has 150 valence electrons. The summed E-state index contributed by atoms with van der Waals surface area (Å²) in [5.41, 5.74) is 1.88. The van der Waals surface area contributed by atoms with Crippen molar-refractivity contribution in [3.8, 4) is 17.2 Å². The Kier molecular flexibility index (Phi) is 5.85. The van der Waals surface area contributed by atoms with Gasteiger partial charge < -0.3 is 34.2 Å². The van der Waals surface area contributed by atoms with Gasteiger partial charge >= 0.3 is 0 Å². The summed E-state index contributed by atoms with van der Waals surface area (Å²) in [7, 11) is 0. The standard InChI is InChI=1S/C21H26N2O5/c24-17(14-26-13-16-5-6-20-21(11-16)28-15-27-20)12-22-7-9-23(10-8-22)18-3-1-2-4-19(18)25/h1-6,11,17,24-25H,7-10,12-15H2/p+1/t17-/m0/s1. The number of rotatable bonds is 7. The molecule has 0 bridgehead atoms. The summed E-state index contributed by atoms with van der Waals surface area (Å²) < 4.78 is 16.4. The van der Waals surface area contributed by atoms with E-state index in [4.69, 9.17) is 14.2 Å². The number of phenols is 1. The van der Waals surface area contributed by atoms with Crippen LogP contribution in [0, 0.1) is 0 Å². The fourth-order valence-corrected chi connectivity index (χ4v) is 3.74. The number of benzene rings is 2. The van der Waals surface area contributed by atoms with E-state index in [1.54, 1.807) is 6.07 Å². The van der Waals surface area contributed by atoms with E-state index in [1.165, 1.54) is 4.90 Å². The van der Waals surface area contributed by atoms with E-state index in [0.717, 1.165) is 48.9 Å². The molecule has 1 saturated heterocycles. The van der Waals surface area contributed by atoms with Crippen molar-refractivity contribution in [1.82, 2.24) is 0 Å². The second-order valence-corrected chi connectivity index (χ2v) is 7.29. The summed E-state index contributed by atoms with van der Waals surface area (Å²) >= 11 is 0. The fourth-order valence-electron chi connectivity index (χ4n) is 3.74. The highest BCUT2D eigenvalue weighted by Gasteiger charge is 2.24. The van der Waals surface area contributed by atoms with Crippen molar-refractivity contribution in [2.24, 2.45) is 0 Å². The molecule has 0 aromatic heterocycles. The number of ether oxygens (including phenoxy) is 3. The minimum absolute atomic E-state index is 0.262. The molecule has 0 amide bonds. The molecule has 0 radical (unpaired) electrons. The van der Waals surface area contributed by atoms with E-state index in [2.05, 4.69) is 4.90 Å². The molecule has 28 heavy (non-hydrogen) atoms. The van der Waals surface area contributed by atoms with Crippen molar-refractivity contribution < 1.29 is 29.3 Å². The summed E-state index contributed by atoms with van der Waals surface area (Å²) in [6.07, 6.45) is -0.499. The lowest BCUT2D eigenvalue weighted by Crippen LogP contribution is -3.16. The Morgan fingerprint density at radius 1 is 1.07 bits per heavy atom. The van der Waals surface area contributed by atoms with Crippen LogP contribution in [0.15, 0.2) is 42.5 Å². The Morgan fingerprint density at radius 3 is 2.68 bits per heavy atom. The van der Waals surface area contributed by atoms with Crippen LogP contribution < -0.4 is 19.3 Å². The van der Waals surface area contributed by atoms with E-state index in [9.17, 15) is 10.2 Å². The highest BCUT2D eigenvalue weighted by molar-refractivity contribution is 5.57. The molecule has 2 aromatic rings. The van der Waals surface area contributed by atoms with Gasteiger partial charge in [-0.15, -0.1) is 0 Å². The van der Waals surface area contributed by atoms with Crippen LogP contribution in [0.3, 0.4) is 0 Å². The zero-order chi connectivity index (χ0) is 19.3. The van der Waals surface area contributed by atoms with Gasteiger partial charge in [0, 0.05) is 0 Å². The van der Waals surface area contributed by atoms with Crippen LogP contribution in [0.5, 0.6) is 17.2 Å². The highest BCUT2D eigenvalue weighted by atomic mass is 16.7. The molecule has 2 heterocycles. The minimum atomic E-state index is -0.499. The number of nitrogens with one attached hydrogen (secondary N) is 1. The molecule has 0 spiro atoms. The molecule has 0 aliphatic carbocycles. The fraction of sp³-hybridized carbons (Fsp3) is 0.429. The first-order chi connectivity index (χ1) is 13.7. The molecule has 2 aliphatic heterocycles. The van der Waals surface area contributed by atoms with Crippen molar-refractivity contribution in [1.29, 1.82) is 0 Å². The molecule has 0 unspecified atom stereocenters. The van der Waals surface area contributed by atoms with Gasteiger partial charge in [0.05, 0.1) is 45.1 Å². The number of phenolic OH excluding ortho intramolecular Hbond substituents is 1. The number of nitrogens with zero attached hydrogens (tertiary/aromatic N) is 1. The molecule has 4 rings (SSSR count). The zero-order valence-corrected chi connectivity index (χ0v) is 15.8. The maximum atomic E-state index is 10.3. The summed E-state index contributed by atoms with van der Waals surface area (Å²) in [4.78, 5) is 3.55. The van der Waals surface area contributed by atoms with E-state index >= 15 is 0 Å². The van der Waals surface area contributed by atoms with Crippen LogP contribution in [0.4, 0.5) is 5.69 Å². The lowest BCUT2D eigenvalue weighted by atomic mass is 10.2. The number of quaternary nitrogens is 1. The summed E-state index contributed by atoms with van der Waals surface area (Å²) in [6.45, 7) is 5.23. The lowest BCUT2D eigenvalue weighted by Gasteiger charge is -2.34. The second-order valence-electron chi connectivity index (χ2n) is 7.29. The average molecular weight is 387 g/mol. The van der Waals surface area contributed by atoms with Gasteiger partial charge in [-0.3, -0.25) is 0 Å². The molecule has 1 atom stereocenters. The number of para-hydroxylation sites is 2. The third kappa shape index (κ3) is 4.49. The van der Waals surface area contributed by atoms with Gasteiger partial charge in [0.25, 0.3) is 0 Å². The van der Waals surface area contributed by atoms with Crippen molar-refractivity contribution in [2.45, 2.75) is 12.7 Å². The Balaban J connectivity index is 1.18. The first-order valence-corrected chi connectivity index (χ1v) is 9.70. The van der Waals surface area contributed by atoms with Crippen molar-refractivity contribution in [3.05, 3.63) is 48.0 Å². The first-order valence-electron chi connectivity index (χ1n) is 9.70. The predicted molar refractivity (Wildman–Crippen MR) is 104 cm³/mol. The number of aromatic hydroxyl groups is 1. The average Bonchev–Trinajstić information content (AvgIpc) is 3.17. The van der Waals surface area contributed by atoms with E-state index in [0.29, 0.717) is 25.5 Å². The SMILES string of the molecule is Oc1ccccc1N1CC[NH+](C[C@H](O)COCc2ccc3c(c2)OCO3)CC1. The number of piperazine rings is 1. The van der Waals surface area contributed by atoms with Gasteiger partial charge in [0.2, 0.25) is 6.79 Å². The van der Waals surface area contributed by atoms with Gasteiger partial charge in [-0.1, -0.05) is 18.2 Å². The Bertz CT molecular complexity index is 792. The number of fused-ring (bicyclic) bond motifs is 1. The topological polar surface area (TPSA) is 75.8 Å². The van der Waals surface area contributed by atoms with Crippen LogP contribution in [-0.2, 0) is 11.3 Å². The smallest absolute Gasteiger partial charge is 0.231 e. The van der Waals surface area contributed by atoms with Crippen LogP contribution in [-0.4, -0.2) is 62.4 Å².